The Kier molecular flexibility index (Phi) is 26.7. The molecule has 6 heteroatoms. The van der Waals surface area contributed by atoms with Gasteiger partial charge in [0, 0.05) is 0 Å². The first kappa shape index (κ1) is 36.1. The minimum atomic E-state index is -3.98. The fraction of sp³-hybridized carbons (Fsp3) is 1.00. The Bertz CT molecular complexity index is 476. The molecule has 2 unspecified atom stereocenters. The van der Waals surface area contributed by atoms with Crippen LogP contribution in [0.3, 0.4) is 0 Å². The number of nitrogens with zero attached hydrogens (tertiary/aromatic N) is 1. The smallest absolute Gasteiger partial charge is 0.303 e. The largest absolute Gasteiger partial charge is 0.472 e. The van der Waals surface area contributed by atoms with Gasteiger partial charge >= 0.3 is 7.82 Å². The molecule has 0 saturated carbocycles. The molecule has 1 N–H and O–H groups in total. The maximum Gasteiger partial charge on any atom is 0.472 e. The second kappa shape index (κ2) is 26.7. The van der Waals surface area contributed by atoms with Crippen LogP contribution in [0.1, 0.15) is 163 Å². The summed E-state index contributed by atoms with van der Waals surface area (Å²) in [6.45, 7) is 12.6. The fourth-order valence-corrected chi connectivity index (χ4v) is 5.71. The van der Waals surface area contributed by atoms with Crippen LogP contribution in [0.2, 0.25) is 0 Å². The van der Waals surface area contributed by atoms with Gasteiger partial charge in [-0.2, -0.15) is 0 Å². The van der Waals surface area contributed by atoms with Crippen molar-refractivity contribution in [2.24, 2.45) is 0 Å². The highest BCUT2D eigenvalue weighted by molar-refractivity contribution is 7.47. The molecule has 0 heterocycles. The van der Waals surface area contributed by atoms with Crippen molar-refractivity contribution < 1.29 is 18.5 Å². The average molecular weight is 534 g/mol. The number of hydrogen-bond donors (Lipinski definition) is 1. The highest BCUT2D eigenvalue weighted by Crippen LogP contribution is 2.46. The van der Waals surface area contributed by atoms with Crippen LogP contribution in [-0.2, 0) is 13.6 Å². The number of rotatable bonds is 29. The molecule has 0 amide bonds. The third kappa shape index (κ3) is 24.4. The van der Waals surface area contributed by atoms with Crippen LogP contribution < -0.4 is 0 Å². The van der Waals surface area contributed by atoms with Gasteiger partial charge in [0.25, 0.3) is 0 Å². The van der Waals surface area contributed by atoms with E-state index >= 15 is 0 Å². The quantitative estimate of drug-likeness (QED) is 0.0765. The molecular weight excluding hydrogens is 469 g/mol. The van der Waals surface area contributed by atoms with E-state index in [1.165, 1.54) is 90.1 Å². The molecule has 0 aromatic rings. The van der Waals surface area contributed by atoms with E-state index in [1.54, 1.807) is 0 Å². The van der Waals surface area contributed by atoms with Gasteiger partial charge in [-0.25, -0.2) is 4.57 Å². The lowest BCUT2D eigenvalue weighted by Gasteiger charge is -2.23. The maximum atomic E-state index is 12.5. The highest BCUT2D eigenvalue weighted by atomic mass is 31.2. The van der Waals surface area contributed by atoms with Crippen LogP contribution in [0.25, 0.3) is 0 Å². The summed E-state index contributed by atoms with van der Waals surface area (Å²) in [6, 6.07) is 0. The Labute approximate surface area is 226 Å². The lowest BCUT2D eigenvalue weighted by molar-refractivity contribution is 0.0899. The number of phosphoric acid groups is 1. The molecule has 218 valence electrons. The van der Waals surface area contributed by atoms with Crippen LogP contribution in [0, 0.1) is 0 Å². The fourth-order valence-electron chi connectivity index (χ4n) is 4.71. The van der Waals surface area contributed by atoms with E-state index in [0.29, 0.717) is 6.61 Å². The lowest BCUT2D eigenvalue weighted by atomic mass is 10.1. The zero-order chi connectivity index (χ0) is 26.7. The lowest BCUT2D eigenvalue weighted by Crippen LogP contribution is -2.27. The van der Waals surface area contributed by atoms with Gasteiger partial charge in [-0.05, 0) is 58.2 Å². The number of unbranched alkanes of at least 4 members (excludes halogenated alkanes) is 14. The first-order valence-corrected chi connectivity index (χ1v) is 17.4. The Morgan fingerprint density at radius 2 is 1.00 bits per heavy atom. The van der Waals surface area contributed by atoms with Gasteiger partial charge in [0.2, 0.25) is 0 Å². The van der Waals surface area contributed by atoms with Crippen molar-refractivity contribution in [2.45, 2.75) is 169 Å². The average Bonchev–Trinajstić information content (AvgIpc) is 2.85. The molecule has 0 rings (SSSR count). The minimum absolute atomic E-state index is 0.169. The van der Waals surface area contributed by atoms with Crippen molar-refractivity contribution in [1.82, 2.24) is 4.90 Å². The van der Waals surface area contributed by atoms with E-state index in [-0.39, 0.29) is 6.10 Å². The van der Waals surface area contributed by atoms with Gasteiger partial charge in [-0.3, -0.25) is 9.05 Å². The van der Waals surface area contributed by atoms with E-state index in [4.69, 9.17) is 9.05 Å². The molecule has 0 fully saturated rings. The molecule has 0 saturated heterocycles. The summed E-state index contributed by atoms with van der Waals surface area (Å²) in [5.74, 6) is 0. The topological polar surface area (TPSA) is 59.0 Å². The molecule has 36 heavy (non-hydrogen) atoms. The summed E-state index contributed by atoms with van der Waals surface area (Å²) in [5.41, 5.74) is 0. The van der Waals surface area contributed by atoms with E-state index in [2.05, 4.69) is 32.6 Å². The Morgan fingerprint density at radius 1 is 0.583 bits per heavy atom. The summed E-state index contributed by atoms with van der Waals surface area (Å²) in [5, 5.41) is 0. The van der Waals surface area contributed by atoms with Crippen molar-refractivity contribution in [1.29, 1.82) is 0 Å². The second-order valence-corrected chi connectivity index (χ2v) is 12.2. The van der Waals surface area contributed by atoms with Crippen molar-refractivity contribution in [2.75, 3.05) is 26.2 Å². The van der Waals surface area contributed by atoms with E-state index < -0.39 is 7.82 Å². The van der Waals surface area contributed by atoms with Gasteiger partial charge in [-0.15, -0.1) is 0 Å². The molecular formula is C30H64NO4P. The number of phosphoric ester groups is 1. The predicted molar refractivity (Wildman–Crippen MR) is 157 cm³/mol. The minimum Gasteiger partial charge on any atom is -0.303 e. The van der Waals surface area contributed by atoms with E-state index in [1.807, 2.05) is 0 Å². The zero-order valence-electron chi connectivity index (χ0n) is 24.8. The molecule has 0 radical (unpaired) electrons. The zero-order valence-corrected chi connectivity index (χ0v) is 25.7. The van der Waals surface area contributed by atoms with Crippen molar-refractivity contribution in [3.8, 4) is 0 Å². The van der Waals surface area contributed by atoms with Crippen LogP contribution in [-0.4, -0.2) is 42.1 Å². The second-order valence-electron chi connectivity index (χ2n) is 10.8. The summed E-state index contributed by atoms with van der Waals surface area (Å²) < 4.78 is 23.5. The molecule has 5 nitrogen and oxygen atoms in total. The van der Waals surface area contributed by atoms with Crippen molar-refractivity contribution in [3.05, 3.63) is 0 Å². The standard InChI is InChI=1S/C30H64NO4P/c1-5-9-13-15-17-20-26-31(27-21-18-16-14-10-6-2)28-22-23-29-34-36(32,33)35-30(24-12-8-4)25-19-11-7-3/h30H,5-29H2,1-4H3,(H,32,33). The third-order valence-electron chi connectivity index (χ3n) is 7.07. The van der Waals surface area contributed by atoms with Crippen LogP contribution in [0.4, 0.5) is 0 Å². The Morgan fingerprint density at radius 3 is 1.53 bits per heavy atom. The van der Waals surface area contributed by atoms with Gasteiger partial charge in [-0.1, -0.05) is 124 Å². The van der Waals surface area contributed by atoms with Gasteiger partial charge in [0.1, 0.15) is 0 Å². The number of hydrogen-bond acceptors (Lipinski definition) is 4. The molecule has 0 aliphatic carbocycles. The molecule has 0 bridgehead atoms. The first-order valence-electron chi connectivity index (χ1n) is 15.9. The van der Waals surface area contributed by atoms with Gasteiger partial charge in [0.05, 0.1) is 12.7 Å². The first-order chi connectivity index (χ1) is 17.5. The Hall–Kier alpha value is 0.0700. The van der Waals surface area contributed by atoms with Crippen molar-refractivity contribution >= 4 is 7.82 Å². The maximum absolute atomic E-state index is 12.5. The van der Waals surface area contributed by atoms with E-state index in [0.717, 1.165) is 64.3 Å². The van der Waals surface area contributed by atoms with Gasteiger partial charge < -0.3 is 9.79 Å². The highest BCUT2D eigenvalue weighted by Gasteiger charge is 2.26. The molecule has 0 aromatic carbocycles. The van der Waals surface area contributed by atoms with Crippen LogP contribution in [0.5, 0.6) is 0 Å². The summed E-state index contributed by atoms with van der Waals surface area (Å²) >= 11 is 0. The predicted octanol–water partition coefficient (Wildman–Crippen LogP) is 10.1. The molecule has 2 atom stereocenters. The summed E-state index contributed by atoms with van der Waals surface area (Å²) in [4.78, 5) is 12.9. The van der Waals surface area contributed by atoms with E-state index in [9.17, 15) is 9.46 Å². The monoisotopic (exact) mass is 533 g/mol. The third-order valence-corrected chi connectivity index (χ3v) is 8.14. The summed E-state index contributed by atoms with van der Waals surface area (Å²) in [7, 11) is -3.98. The molecule has 0 aliphatic rings. The molecule has 0 spiro atoms. The van der Waals surface area contributed by atoms with Crippen molar-refractivity contribution in [3.63, 3.8) is 0 Å². The molecule has 0 aromatic heterocycles. The molecule has 0 aliphatic heterocycles. The Balaban J connectivity index is 4.32. The normalized spacial score (nSPS) is 14.4. The SMILES string of the molecule is CCCCCCCCN(CCCCCCCC)CCCCOP(=O)(O)OC(CCCC)CCCCC. The van der Waals surface area contributed by atoms with Gasteiger partial charge in [0.15, 0.2) is 0 Å². The van der Waals surface area contributed by atoms with Crippen LogP contribution >= 0.6 is 7.82 Å². The van der Waals surface area contributed by atoms with Crippen LogP contribution in [0.15, 0.2) is 0 Å². The summed E-state index contributed by atoms with van der Waals surface area (Å²) in [6.07, 6.45) is 24.7.